The topological polar surface area (TPSA) is 88.3 Å². The molecule has 6 nitrogen and oxygen atoms in total. The van der Waals surface area contributed by atoms with Crippen LogP contribution in [-0.2, 0) is 14.4 Å². The van der Waals surface area contributed by atoms with Crippen LogP contribution in [0.25, 0.3) is 0 Å². The van der Waals surface area contributed by atoms with Crippen molar-refractivity contribution < 1.29 is 14.4 Å². The van der Waals surface area contributed by atoms with Gasteiger partial charge < -0.3 is 0 Å². The third-order valence-corrected chi connectivity index (χ3v) is 3.69. The molecule has 0 aliphatic heterocycles. The van der Waals surface area contributed by atoms with E-state index in [0.717, 1.165) is 0 Å². The number of aliphatic imine (C=N–C) groups is 3. The molecule has 0 spiro atoms. The average molecular weight is 263 g/mol. The molecule has 1 saturated carbocycles. The summed E-state index contributed by atoms with van der Waals surface area (Å²) in [5.74, 6) is 0. The predicted molar refractivity (Wildman–Crippen MR) is 67.9 cm³/mol. The molecule has 0 aromatic carbocycles. The first-order chi connectivity index (χ1) is 8.88. The highest BCUT2D eigenvalue weighted by atomic mass is 16.1. The van der Waals surface area contributed by atoms with Crippen LogP contribution in [0, 0.1) is 10.8 Å². The Bertz CT molecular complexity index is 481. The summed E-state index contributed by atoms with van der Waals surface area (Å²) < 4.78 is 0. The minimum Gasteiger partial charge on any atom is -0.211 e. The van der Waals surface area contributed by atoms with Crippen molar-refractivity contribution in [3.63, 3.8) is 0 Å². The lowest BCUT2D eigenvalue weighted by Crippen LogP contribution is -2.49. The van der Waals surface area contributed by atoms with Gasteiger partial charge >= 0.3 is 0 Å². The average Bonchev–Trinajstić information content (AvgIpc) is 2.31. The van der Waals surface area contributed by atoms with Crippen LogP contribution in [-0.4, -0.2) is 36.9 Å². The van der Waals surface area contributed by atoms with E-state index in [1.807, 2.05) is 20.8 Å². The Morgan fingerprint density at radius 1 is 1.05 bits per heavy atom. The van der Waals surface area contributed by atoms with Gasteiger partial charge in [-0.1, -0.05) is 20.8 Å². The van der Waals surface area contributed by atoms with Crippen LogP contribution in [0.4, 0.5) is 0 Å². The van der Waals surface area contributed by atoms with Crippen LogP contribution in [0.3, 0.4) is 0 Å². The van der Waals surface area contributed by atoms with Crippen LogP contribution in [0.1, 0.15) is 33.6 Å². The third kappa shape index (κ3) is 3.55. The minimum atomic E-state index is -0.436. The Labute approximate surface area is 111 Å². The van der Waals surface area contributed by atoms with E-state index < -0.39 is 12.1 Å². The van der Waals surface area contributed by atoms with E-state index in [-0.39, 0.29) is 10.8 Å². The van der Waals surface area contributed by atoms with Gasteiger partial charge in [-0.15, -0.1) is 0 Å². The van der Waals surface area contributed by atoms with Gasteiger partial charge in [-0.3, -0.25) is 0 Å². The molecule has 1 fully saturated rings. The SMILES string of the molecule is CC1(CN=C=O)CC(N=C=O)C(N=C=O)C(C)(C)C1. The maximum Gasteiger partial charge on any atom is 0.235 e. The van der Waals surface area contributed by atoms with Gasteiger partial charge in [0.1, 0.15) is 0 Å². The molecule has 0 bridgehead atoms. The van der Waals surface area contributed by atoms with Crippen molar-refractivity contribution in [3.8, 4) is 0 Å². The zero-order valence-electron chi connectivity index (χ0n) is 11.3. The molecule has 3 atom stereocenters. The van der Waals surface area contributed by atoms with Crippen LogP contribution >= 0.6 is 0 Å². The number of carbonyl (C=O) groups excluding carboxylic acids is 3. The molecule has 1 rings (SSSR count). The first kappa shape index (κ1) is 15.2. The van der Waals surface area contributed by atoms with Gasteiger partial charge in [0.2, 0.25) is 18.2 Å². The smallest absolute Gasteiger partial charge is 0.211 e. The van der Waals surface area contributed by atoms with Crippen LogP contribution in [0.5, 0.6) is 0 Å². The lowest BCUT2D eigenvalue weighted by molar-refractivity contribution is 0.0692. The molecule has 1 aliphatic rings. The van der Waals surface area contributed by atoms with Crippen molar-refractivity contribution in [1.82, 2.24) is 0 Å². The zero-order chi connectivity index (χ0) is 14.5. The van der Waals surface area contributed by atoms with Gasteiger partial charge in [-0.2, -0.15) is 4.99 Å². The summed E-state index contributed by atoms with van der Waals surface area (Å²) >= 11 is 0. The molecule has 0 heterocycles. The Kier molecular flexibility index (Phi) is 4.68. The van der Waals surface area contributed by atoms with E-state index in [9.17, 15) is 14.4 Å². The fourth-order valence-electron chi connectivity index (χ4n) is 3.26. The lowest BCUT2D eigenvalue weighted by atomic mass is 9.60. The molecule has 102 valence electrons. The summed E-state index contributed by atoms with van der Waals surface area (Å²) in [7, 11) is 0. The molecule has 0 aromatic heterocycles. The van der Waals surface area contributed by atoms with Crippen LogP contribution in [0.2, 0.25) is 0 Å². The summed E-state index contributed by atoms with van der Waals surface area (Å²) in [6.07, 6.45) is 5.85. The summed E-state index contributed by atoms with van der Waals surface area (Å²) in [4.78, 5) is 42.6. The third-order valence-electron chi connectivity index (χ3n) is 3.69. The summed E-state index contributed by atoms with van der Waals surface area (Å²) in [5, 5.41) is 0. The monoisotopic (exact) mass is 263 g/mol. The Morgan fingerprint density at radius 3 is 2.21 bits per heavy atom. The van der Waals surface area contributed by atoms with Crippen LogP contribution < -0.4 is 0 Å². The predicted octanol–water partition coefficient (Wildman–Crippen LogP) is 1.56. The molecule has 0 radical (unpaired) electrons. The molecule has 6 heteroatoms. The van der Waals surface area contributed by atoms with Gasteiger partial charge in [-0.25, -0.2) is 24.4 Å². The lowest BCUT2D eigenvalue weighted by Gasteiger charge is -2.47. The minimum absolute atomic E-state index is 0.277. The molecule has 0 saturated heterocycles. The second-order valence-electron chi connectivity index (χ2n) is 6.04. The van der Waals surface area contributed by atoms with Crippen molar-refractivity contribution in [2.24, 2.45) is 25.8 Å². The van der Waals surface area contributed by atoms with E-state index in [1.165, 1.54) is 12.2 Å². The van der Waals surface area contributed by atoms with Gasteiger partial charge in [0, 0.05) is 0 Å². The van der Waals surface area contributed by atoms with E-state index in [0.29, 0.717) is 19.4 Å². The number of rotatable bonds is 4. The van der Waals surface area contributed by atoms with Gasteiger partial charge in [0.25, 0.3) is 0 Å². The maximum absolute atomic E-state index is 10.5. The van der Waals surface area contributed by atoms with Crippen molar-refractivity contribution in [2.75, 3.05) is 6.54 Å². The Morgan fingerprint density at radius 2 is 1.68 bits per heavy atom. The molecular formula is C13H17N3O3. The van der Waals surface area contributed by atoms with E-state index in [4.69, 9.17) is 0 Å². The Balaban J connectivity index is 3.14. The zero-order valence-corrected chi connectivity index (χ0v) is 11.3. The normalized spacial score (nSPS) is 32.4. The number of hydrogen-bond donors (Lipinski definition) is 0. The summed E-state index contributed by atoms with van der Waals surface area (Å²) in [5.41, 5.74) is -0.616. The fourth-order valence-corrected chi connectivity index (χ4v) is 3.26. The first-order valence-corrected chi connectivity index (χ1v) is 6.06. The molecule has 0 N–H and O–H groups in total. The first-order valence-electron chi connectivity index (χ1n) is 6.06. The molecule has 1 aliphatic carbocycles. The number of isocyanates is 3. The quantitative estimate of drug-likeness (QED) is 0.569. The van der Waals surface area contributed by atoms with Crippen molar-refractivity contribution in [1.29, 1.82) is 0 Å². The highest BCUT2D eigenvalue weighted by Crippen LogP contribution is 2.48. The molecule has 0 amide bonds. The summed E-state index contributed by atoms with van der Waals surface area (Å²) in [6, 6.07) is -0.839. The van der Waals surface area contributed by atoms with Gasteiger partial charge in [0.05, 0.1) is 18.6 Å². The van der Waals surface area contributed by atoms with Gasteiger partial charge in [-0.05, 0) is 23.7 Å². The van der Waals surface area contributed by atoms with Crippen LogP contribution in [0.15, 0.2) is 15.0 Å². The van der Waals surface area contributed by atoms with Crippen molar-refractivity contribution in [2.45, 2.75) is 45.7 Å². The molecule has 19 heavy (non-hydrogen) atoms. The fraction of sp³-hybridized carbons (Fsp3) is 0.769. The van der Waals surface area contributed by atoms with Crippen molar-refractivity contribution >= 4 is 18.2 Å². The van der Waals surface area contributed by atoms with E-state index in [2.05, 4.69) is 15.0 Å². The second-order valence-corrected chi connectivity index (χ2v) is 6.04. The Hall–Kier alpha value is -1.86. The molecule has 3 unspecified atom stereocenters. The maximum atomic E-state index is 10.5. The summed E-state index contributed by atoms with van der Waals surface area (Å²) in [6.45, 7) is 6.20. The largest absolute Gasteiger partial charge is 0.235 e. The number of nitrogens with zero attached hydrogens (tertiary/aromatic N) is 3. The standard InChI is InChI=1S/C13H17N3O3/c1-12(2)5-13(3,6-14-7-17)4-10(15-8-18)11(12)16-9-19/h10-11H,4-6H2,1-3H3. The van der Waals surface area contributed by atoms with E-state index in [1.54, 1.807) is 6.08 Å². The highest BCUT2D eigenvalue weighted by Gasteiger charge is 2.48. The number of hydrogen-bond acceptors (Lipinski definition) is 6. The van der Waals surface area contributed by atoms with E-state index >= 15 is 0 Å². The van der Waals surface area contributed by atoms with Crippen molar-refractivity contribution in [3.05, 3.63) is 0 Å². The second kappa shape index (κ2) is 5.85. The molecule has 0 aromatic rings. The molecular weight excluding hydrogens is 246 g/mol. The highest BCUT2D eigenvalue weighted by molar-refractivity contribution is 5.37. The van der Waals surface area contributed by atoms with Gasteiger partial charge in [0.15, 0.2) is 0 Å².